The van der Waals surface area contributed by atoms with Gasteiger partial charge in [0.05, 0.1) is 5.69 Å². The van der Waals surface area contributed by atoms with Crippen molar-refractivity contribution in [2.45, 2.75) is 30.0 Å². The fourth-order valence-electron chi connectivity index (χ4n) is 1.65. The van der Waals surface area contributed by atoms with E-state index in [2.05, 4.69) is 15.0 Å². The normalized spacial score (nSPS) is 20.4. The maximum Gasteiger partial charge on any atom is 0.252 e. The Morgan fingerprint density at radius 1 is 1.47 bits per heavy atom. The van der Waals surface area contributed by atoms with Crippen LogP contribution in [-0.4, -0.2) is 31.3 Å². The summed E-state index contributed by atoms with van der Waals surface area (Å²) in [6.07, 6.45) is 0.233. The summed E-state index contributed by atoms with van der Waals surface area (Å²) < 4.78 is 26.5. The Morgan fingerprint density at radius 3 is 2.68 bits per heavy atom. The topological polar surface area (TPSA) is 105 Å². The predicted molar refractivity (Wildman–Crippen MR) is 68.4 cm³/mol. The molecule has 7 nitrogen and oxygen atoms in total. The Kier molecular flexibility index (Phi) is 3.90. The van der Waals surface area contributed by atoms with Crippen LogP contribution in [0.1, 0.15) is 18.5 Å². The molecule has 104 valence electrons. The first kappa shape index (κ1) is 14.4. The molecule has 0 spiro atoms. The fourth-order valence-corrected chi connectivity index (χ4v) is 4.63. The molecule has 1 aromatic rings. The first-order chi connectivity index (χ1) is 8.79. The van der Waals surface area contributed by atoms with Gasteiger partial charge in [0.15, 0.2) is 8.68 Å². The van der Waals surface area contributed by atoms with E-state index in [0.717, 1.165) is 11.3 Å². The average Bonchev–Trinajstić information content (AvgIpc) is 2.63. The minimum atomic E-state index is -3.87. The number of hydrogen-bond donors (Lipinski definition) is 2. The zero-order valence-electron chi connectivity index (χ0n) is 9.77. The van der Waals surface area contributed by atoms with Crippen LogP contribution in [0.5, 0.6) is 0 Å². The van der Waals surface area contributed by atoms with Gasteiger partial charge < -0.3 is 0 Å². The van der Waals surface area contributed by atoms with Gasteiger partial charge in [0.2, 0.25) is 11.8 Å². The molecule has 2 heterocycles. The molecule has 0 radical (unpaired) electrons. The third kappa shape index (κ3) is 3.11. The highest BCUT2D eigenvalue weighted by atomic mass is 35.5. The summed E-state index contributed by atoms with van der Waals surface area (Å²) in [4.78, 5) is 26.3. The van der Waals surface area contributed by atoms with Crippen LogP contribution in [0.25, 0.3) is 0 Å². The molecule has 0 bridgehead atoms. The van der Waals surface area contributed by atoms with Crippen molar-refractivity contribution in [1.29, 1.82) is 0 Å². The minimum Gasteiger partial charge on any atom is -0.295 e. The molecule has 2 rings (SSSR count). The van der Waals surface area contributed by atoms with E-state index >= 15 is 0 Å². The molecule has 2 N–H and O–H groups in total. The zero-order chi connectivity index (χ0) is 14.2. The zero-order valence-corrected chi connectivity index (χ0v) is 12.2. The van der Waals surface area contributed by atoms with E-state index in [4.69, 9.17) is 11.6 Å². The molecule has 10 heteroatoms. The van der Waals surface area contributed by atoms with Gasteiger partial charge in [0, 0.05) is 6.42 Å². The maximum absolute atomic E-state index is 12.1. The second kappa shape index (κ2) is 5.16. The molecule has 1 aliphatic rings. The lowest BCUT2D eigenvalue weighted by atomic mass is 10.1. The second-order valence-corrected chi connectivity index (χ2v) is 7.46. The number of carbonyl (C=O) groups excluding carboxylic acids is 2. The molecular formula is C9H10ClN3O4S2. The largest absolute Gasteiger partial charge is 0.295 e. The van der Waals surface area contributed by atoms with Gasteiger partial charge in [-0.1, -0.05) is 22.9 Å². The third-order valence-corrected chi connectivity index (χ3v) is 5.85. The summed E-state index contributed by atoms with van der Waals surface area (Å²) in [6.45, 7) is 1.52. The third-order valence-electron chi connectivity index (χ3n) is 2.51. The molecule has 1 aromatic heterocycles. The molecule has 19 heavy (non-hydrogen) atoms. The Labute approximate surface area is 118 Å². The van der Waals surface area contributed by atoms with Crippen molar-refractivity contribution in [2.75, 3.05) is 0 Å². The Morgan fingerprint density at radius 2 is 2.16 bits per heavy atom. The Balaban J connectivity index is 2.20. The van der Waals surface area contributed by atoms with Crippen LogP contribution in [0.2, 0.25) is 4.47 Å². The van der Waals surface area contributed by atoms with Gasteiger partial charge in [-0.25, -0.2) is 13.4 Å². The Bertz CT molecular complexity index is 640. The summed E-state index contributed by atoms with van der Waals surface area (Å²) in [7, 11) is -3.87. The number of halogens is 1. The molecule has 1 atom stereocenters. The molecular weight excluding hydrogens is 314 g/mol. The van der Waals surface area contributed by atoms with Crippen molar-refractivity contribution >= 4 is 44.8 Å². The van der Waals surface area contributed by atoms with E-state index in [9.17, 15) is 18.0 Å². The number of aryl methyl sites for hydroxylation is 1. The molecule has 1 unspecified atom stereocenters. The highest BCUT2D eigenvalue weighted by molar-refractivity contribution is 7.91. The summed E-state index contributed by atoms with van der Waals surface area (Å²) >= 11 is 6.47. The number of carbonyl (C=O) groups is 2. The number of hydrogen-bond acceptors (Lipinski definition) is 6. The summed E-state index contributed by atoms with van der Waals surface area (Å²) in [5, 5.41) is 2.08. The number of thiazole rings is 1. The predicted octanol–water partition coefficient (Wildman–Crippen LogP) is 0.188. The molecule has 1 aliphatic heterocycles. The number of rotatable bonds is 3. The van der Waals surface area contributed by atoms with E-state index in [1.165, 1.54) is 6.92 Å². The van der Waals surface area contributed by atoms with Gasteiger partial charge in [0.1, 0.15) is 6.04 Å². The molecule has 2 amide bonds. The van der Waals surface area contributed by atoms with Crippen molar-refractivity contribution < 1.29 is 18.0 Å². The lowest BCUT2D eigenvalue weighted by molar-refractivity contribution is -0.134. The van der Waals surface area contributed by atoms with Gasteiger partial charge in [-0.2, -0.15) is 4.72 Å². The molecule has 1 fully saturated rings. The van der Waals surface area contributed by atoms with Crippen LogP contribution in [0.15, 0.2) is 4.21 Å². The van der Waals surface area contributed by atoms with Crippen LogP contribution in [0, 0.1) is 6.92 Å². The van der Waals surface area contributed by atoms with Crippen molar-refractivity contribution in [3.63, 3.8) is 0 Å². The average molecular weight is 324 g/mol. The first-order valence-electron chi connectivity index (χ1n) is 5.28. The lowest BCUT2D eigenvalue weighted by Gasteiger charge is -2.21. The number of amides is 2. The second-order valence-electron chi connectivity index (χ2n) is 3.96. The summed E-state index contributed by atoms with van der Waals surface area (Å²) in [5.74, 6) is -1.05. The van der Waals surface area contributed by atoms with Crippen LogP contribution in [0.3, 0.4) is 0 Å². The highest BCUT2D eigenvalue weighted by Gasteiger charge is 2.32. The standard InChI is InChI=1S/C9H10ClN3O4S2/c1-4-8(18-9(10)11-4)19(16,17)13-5-2-3-6(14)12-7(5)15/h5,13H,2-3H2,1H3,(H,12,14,15). The first-order valence-corrected chi connectivity index (χ1v) is 7.96. The number of nitrogens with zero attached hydrogens (tertiary/aromatic N) is 1. The Hall–Kier alpha value is -1.03. The van der Waals surface area contributed by atoms with Crippen LogP contribution in [0.4, 0.5) is 0 Å². The molecule has 0 saturated carbocycles. The van der Waals surface area contributed by atoms with E-state index in [-0.39, 0.29) is 27.2 Å². The van der Waals surface area contributed by atoms with Crippen molar-refractivity contribution in [3.8, 4) is 0 Å². The van der Waals surface area contributed by atoms with Gasteiger partial charge in [0.25, 0.3) is 10.0 Å². The fraction of sp³-hybridized carbons (Fsp3) is 0.444. The summed E-state index contributed by atoms with van der Waals surface area (Å²) in [5.41, 5.74) is 0.273. The number of nitrogens with one attached hydrogen (secondary N) is 2. The number of imide groups is 1. The van der Waals surface area contributed by atoms with Gasteiger partial charge >= 0.3 is 0 Å². The number of aromatic nitrogens is 1. The van der Waals surface area contributed by atoms with E-state index in [1.54, 1.807) is 0 Å². The highest BCUT2D eigenvalue weighted by Crippen LogP contribution is 2.27. The SMILES string of the molecule is Cc1nc(Cl)sc1S(=O)(=O)NC1CCC(=O)NC1=O. The monoisotopic (exact) mass is 323 g/mol. The summed E-state index contributed by atoms with van der Waals surface area (Å²) in [6, 6.07) is -0.956. The molecule has 0 aliphatic carbocycles. The van der Waals surface area contributed by atoms with E-state index < -0.39 is 27.9 Å². The smallest absolute Gasteiger partial charge is 0.252 e. The van der Waals surface area contributed by atoms with Crippen LogP contribution >= 0.6 is 22.9 Å². The maximum atomic E-state index is 12.1. The van der Waals surface area contributed by atoms with Crippen molar-refractivity contribution in [2.24, 2.45) is 0 Å². The number of sulfonamides is 1. The lowest BCUT2D eigenvalue weighted by Crippen LogP contribution is -2.52. The van der Waals surface area contributed by atoms with Crippen molar-refractivity contribution in [1.82, 2.24) is 15.0 Å². The van der Waals surface area contributed by atoms with Crippen molar-refractivity contribution in [3.05, 3.63) is 10.2 Å². The van der Waals surface area contributed by atoms with E-state index in [1.807, 2.05) is 0 Å². The molecule has 0 aromatic carbocycles. The molecule has 1 saturated heterocycles. The number of piperidine rings is 1. The van der Waals surface area contributed by atoms with E-state index in [0.29, 0.717) is 0 Å². The minimum absolute atomic E-state index is 0.0257. The van der Waals surface area contributed by atoms with Gasteiger partial charge in [-0.05, 0) is 13.3 Å². The van der Waals surface area contributed by atoms with Gasteiger partial charge in [-0.3, -0.25) is 14.9 Å². The van der Waals surface area contributed by atoms with Crippen LogP contribution < -0.4 is 10.0 Å². The quantitative estimate of drug-likeness (QED) is 0.772. The van der Waals surface area contributed by atoms with Gasteiger partial charge in [-0.15, -0.1) is 0 Å². The van der Waals surface area contributed by atoms with Crippen LogP contribution in [-0.2, 0) is 19.6 Å².